The van der Waals surface area contributed by atoms with E-state index in [1.165, 1.54) is 0 Å². The van der Waals surface area contributed by atoms with Crippen molar-refractivity contribution in [3.63, 3.8) is 0 Å². The third-order valence-corrected chi connectivity index (χ3v) is 2.99. The maximum Gasteiger partial charge on any atom is 0.410 e. The van der Waals surface area contributed by atoms with E-state index in [2.05, 4.69) is 20.8 Å². The Bertz CT molecular complexity index is 268. The molecule has 1 aliphatic rings. The number of hydrogen-bond acceptors (Lipinski definition) is 2. The highest BCUT2D eigenvalue weighted by Crippen LogP contribution is 2.36. The molecular formula is C13H25NO2. The molecule has 16 heavy (non-hydrogen) atoms. The highest BCUT2D eigenvalue weighted by atomic mass is 16.6. The van der Waals surface area contributed by atoms with Gasteiger partial charge in [0.15, 0.2) is 0 Å². The molecule has 0 radical (unpaired) electrons. The van der Waals surface area contributed by atoms with Crippen molar-refractivity contribution < 1.29 is 9.53 Å². The predicted molar refractivity (Wildman–Crippen MR) is 65.4 cm³/mol. The number of ether oxygens (including phenoxy) is 1. The molecule has 1 fully saturated rings. The van der Waals surface area contributed by atoms with E-state index in [-0.39, 0.29) is 11.6 Å². The minimum atomic E-state index is -0.397. The van der Waals surface area contributed by atoms with Gasteiger partial charge < -0.3 is 9.64 Å². The minimum absolute atomic E-state index is 0.0104. The molecular weight excluding hydrogens is 202 g/mol. The number of carbonyl (C=O) groups is 1. The van der Waals surface area contributed by atoms with Crippen molar-refractivity contribution >= 4 is 6.09 Å². The van der Waals surface area contributed by atoms with Gasteiger partial charge in [-0.05, 0) is 46.5 Å². The van der Waals surface area contributed by atoms with E-state index in [9.17, 15) is 4.79 Å². The fraction of sp³-hybridized carbons (Fsp3) is 0.923. The summed E-state index contributed by atoms with van der Waals surface area (Å²) in [6.07, 6.45) is 1.97. The first-order chi connectivity index (χ1) is 7.14. The van der Waals surface area contributed by atoms with Gasteiger partial charge in [0.2, 0.25) is 0 Å². The summed E-state index contributed by atoms with van der Waals surface area (Å²) in [4.78, 5) is 13.8. The summed E-state index contributed by atoms with van der Waals surface area (Å²) in [6.45, 7) is 13.1. The highest BCUT2D eigenvalue weighted by Gasteiger charge is 2.45. The number of hydrogen-bond donors (Lipinski definition) is 0. The molecule has 1 aliphatic heterocycles. The first kappa shape index (κ1) is 13.3. The number of rotatable bonds is 2. The largest absolute Gasteiger partial charge is 0.444 e. The molecule has 1 heterocycles. The number of amides is 1. The Balaban J connectivity index is 2.58. The molecule has 0 aromatic carbocycles. The lowest BCUT2D eigenvalue weighted by atomic mass is 9.80. The van der Waals surface area contributed by atoms with E-state index in [4.69, 9.17) is 4.74 Å². The molecule has 0 aliphatic carbocycles. The highest BCUT2D eigenvalue weighted by molar-refractivity contribution is 5.70. The molecule has 1 amide bonds. The van der Waals surface area contributed by atoms with Crippen LogP contribution in [0.4, 0.5) is 4.79 Å². The SMILES string of the molecule is CC(C)CC1(C)CCN1C(=O)OC(C)(C)C. The van der Waals surface area contributed by atoms with E-state index in [0.717, 1.165) is 19.4 Å². The summed E-state index contributed by atoms with van der Waals surface area (Å²) in [6, 6.07) is 0. The molecule has 0 saturated carbocycles. The molecule has 0 spiro atoms. The van der Waals surface area contributed by atoms with Crippen LogP contribution < -0.4 is 0 Å². The summed E-state index contributed by atoms with van der Waals surface area (Å²) in [5, 5.41) is 0. The van der Waals surface area contributed by atoms with Crippen molar-refractivity contribution in [1.29, 1.82) is 0 Å². The van der Waals surface area contributed by atoms with E-state index in [1.807, 2.05) is 25.7 Å². The summed E-state index contributed by atoms with van der Waals surface area (Å²) in [7, 11) is 0. The third kappa shape index (κ3) is 3.13. The quantitative estimate of drug-likeness (QED) is 0.723. The van der Waals surface area contributed by atoms with Crippen LogP contribution in [0.2, 0.25) is 0 Å². The van der Waals surface area contributed by atoms with Crippen LogP contribution in [0.15, 0.2) is 0 Å². The Hall–Kier alpha value is -0.730. The van der Waals surface area contributed by atoms with Crippen molar-refractivity contribution in [2.24, 2.45) is 5.92 Å². The minimum Gasteiger partial charge on any atom is -0.444 e. The Labute approximate surface area is 99.1 Å². The number of nitrogens with zero attached hydrogens (tertiary/aromatic N) is 1. The van der Waals surface area contributed by atoms with Crippen LogP contribution in [-0.4, -0.2) is 28.7 Å². The van der Waals surface area contributed by atoms with Crippen LogP contribution in [0.3, 0.4) is 0 Å². The number of likely N-dealkylation sites (tertiary alicyclic amines) is 1. The van der Waals surface area contributed by atoms with Crippen LogP contribution in [0, 0.1) is 5.92 Å². The van der Waals surface area contributed by atoms with Gasteiger partial charge in [-0.1, -0.05) is 13.8 Å². The Kier molecular flexibility index (Phi) is 3.56. The van der Waals surface area contributed by atoms with Gasteiger partial charge in [0.05, 0.1) is 0 Å². The van der Waals surface area contributed by atoms with Gasteiger partial charge in [-0.25, -0.2) is 4.79 Å². The van der Waals surface area contributed by atoms with Crippen LogP contribution in [0.1, 0.15) is 54.4 Å². The smallest absolute Gasteiger partial charge is 0.410 e. The summed E-state index contributed by atoms with van der Waals surface area (Å²) < 4.78 is 5.41. The van der Waals surface area contributed by atoms with Crippen LogP contribution >= 0.6 is 0 Å². The second kappa shape index (κ2) is 4.27. The molecule has 94 valence electrons. The molecule has 0 N–H and O–H groups in total. The topological polar surface area (TPSA) is 29.5 Å². The molecule has 1 unspecified atom stereocenters. The normalized spacial score (nSPS) is 25.6. The molecule has 1 rings (SSSR count). The second-order valence-electron chi connectivity index (χ2n) is 6.48. The Morgan fingerprint density at radius 3 is 2.31 bits per heavy atom. The van der Waals surface area contributed by atoms with E-state index >= 15 is 0 Å². The van der Waals surface area contributed by atoms with Gasteiger partial charge in [-0.15, -0.1) is 0 Å². The average molecular weight is 227 g/mol. The van der Waals surface area contributed by atoms with Gasteiger partial charge in [0.1, 0.15) is 5.60 Å². The maximum atomic E-state index is 11.9. The monoisotopic (exact) mass is 227 g/mol. The predicted octanol–water partition coefficient (Wildman–Crippen LogP) is 3.43. The molecule has 1 saturated heterocycles. The zero-order valence-electron chi connectivity index (χ0n) is 11.5. The van der Waals surface area contributed by atoms with E-state index < -0.39 is 5.60 Å². The van der Waals surface area contributed by atoms with Gasteiger partial charge >= 0.3 is 6.09 Å². The fourth-order valence-electron chi connectivity index (χ4n) is 2.33. The van der Waals surface area contributed by atoms with Crippen molar-refractivity contribution in [1.82, 2.24) is 4.90 Å². The molecule has 1 atom stereocenters. The molecule has 0 bridgehead atoms. The van der Waals surface area contributed by atoms with Crippen molar-refractivity contribution in [3.8, 4) is 0 Å². The standard InChI is InChI=1S/C13H25NO2/c1-10(2)9-13(6)7-8-14(13)11(15)16-12(3,4)5/h10H,7-9H2,1-6H3. The maximum absolute atomic E-state index is 11.9. The molecule has 3 heteroatoms. The Morgan fingerprint density at radius 2 is 2.00 bits per heavy atom. The molecule has 0 aromatic rings. The van der Waals surface area contributed by atoms with Gasteiger partial charge in [-0.2, -0.15) is 0 Å². The van der Waals surface area contributed by atoms with Crippen molar-refractivity contribution in [2.75, 3.05) is 6.54 Å². The van der Waals surface area contributed by atoms with E-state index in [0.29, 0.717) is 5.92 Å². The first-order valence-electron chi connectivity index (χ1n) is 6.15. The second-order valence-corrected chi connectivity index (χ2v) is 6.48. The summed E-state index contributed by atoms with van der Waals surface area (Å²) in [5.74, 6) is 0.607. The zero-order valence-corrected chi connectivity index (χ0v) is 11.5. The lowest BCUT2D eigenvalue weighted by molar-refractivity contribution is -0.0445. The van der Waals surface area contributed by atoms with Crippen molar-refractivity contribution in [3.05, 3.63) is 0 Å². The summed E-state index contributed by atoms with van der Waals surface area (Å²) >= 11 is 0. The van der Waals surface area contributed by atoms with Gasteiger partial charge in [0.25, 0.3) is 0 Å². The molecule has 3 nitrogen and oxygen atoms in total. The number of carbonyl (C=O) groups excluding carboxylic acids is 1. The van der Waals surface area contributed by atoms with Crippen LogP contribution in [0.5, 0.6) is 0 Å². The van der Waals surface area contributed by atoms with E-state index in [1.54, 1.807) is 0 Å². The Morgan fingerprint density at radius 1 is 1.44 bits per heavy atom. The van der Waals surface area contributed by atoms with Crippen LogP contribution in [0.25, 0.3) is 0 Å². The van der Waals surface area contributed by atoms with Crippen LogP contribution in [-0.2, 0) is 4.74 Å². The lowest BCUT2D eigenvalue weighted by Gasteiger charge is -2.51. The van der Waals surface area contributed by atoms with Gasteiger partial charge in [0, 0.05) is 12.1 Å². The average Bonchev–Trinajstić information content (AvgIpc) is 1.96. The lowest BCUT2D eigenvalue weighted by Crippen LogP contribution is -2.61. The first-order valence-corrected chi connectivity index (χ1v) is 6.15. The third-order valence-electron chi connectivity index (χ3n) is 2.99. The summed E-state index contributed by atoms with van der Waals surface area (Å²) in [5.41, 5.74) is -0.387. The fourth-order valence-corrected chi connectivity index (χ4v) is 2.33. The van der Waals surface area contributed by atoms with Crippen molar-refractivity contribution in [2.45, 2.75) is 65.5 Å². The molecule has 0 aromatic heterocycles. The zero-order chi connectivity index (χ0) is 12.6. The van der Waals surface area contributed by atoms with Gasteiger partial charge in [-0.3, -0.25) is 0 Å².